The van der Waals surface area contributed by atoms with Crippen LogP contribution in [0.15, 0.2) is 48.7 Å². The van der Waals surface area contributed by atoms with Gasteiger partial charge in [0.25, 0.3) is 0 Å². The molecule has 0 aliphatic rings. The van der Waals surface area contributed by atoms with Crippen molar-refractivity contribution in [2.24, 2.45) is 0 Å². The molecule has 3 rings (SSSR count). The van der Waals surface area contributed by atoms with Gasteiger partial charge in [-0.25, -0.2) is 0 Å². The molecule has 0 bridgehead atoms. The molecule has 1 heterocycles. The summed E-state index contributed by atoms with van der Waals surface area (Å²) in [5.41, 5.74) is 4.99. The maximum atomic E-state index is 12.4. The van der Waals surface area contributed by atoms with Crippen LogP contribution in [0, 0.1) is 6.92 Å². The lowest BCUT2D eigenvalue weighted by atomic mass is 10.1. The monoisotopic (exact) mass is 337 g/mol. The van der Waals surface area contributed by atoms with Crippen molar-refractivity contribution >= 4 is 28.2 Å². The van der Waals surface area contributed by atoms with Gasteiger partial charge in [0.2, 0.25) is 5.91 Å². The van der Waals surface area contributed by atoms with Crippen molar-refractivity contribution in [1.29, 1.82) is 0 Å². The van der Waals surface area contributed by atoms with Gasteiger partial charge in [0.05, 0.1) is 13.0 Å². The number of hydrogen-bond acceptors (Lipinski definition) is 3. The van der Waals surface area contributed by atoms with Crippen LogP contribution in [0.5, 0.6) is 0 Å². The van der Waals surface area contributed by atoms with Gasteiger partial charge >= 0.3 is 0 Å². The molecule has 0 saturated carbocycles. The summed E-state index contributed by atoms with van der Waals surface area (Å²) in [6.07, 6.45) is 2.24. The first-order chi connectivity index (χ1) is 12.1. The summed E-state index contributed by atoms with van der Waals surface area (Å²) in [6.45, 7) is 2.74. The number of rotatable bonds is 6. The van der Waals surface area contributed by atoms with Gasteiger partial charge in [-0.05, 0) is 48.4 Å². The topological polar surface area (TPSA) is 68.4 Å². The SMILES string of the molecule is Cc1cccc2[nH]cc(CC(=O)Nc3ccc(N(C)CCO)cc3)c12. The lowest BCUT2D eigenvalue weighted by molar-refractivity contribution is -0.115. The van der Waals surface area contributed by atoms with E-state index in [4.69, 9.17) is 5.11 Å². The average molecular weight is 337 g/mol. The van der Waals surface area contributed by atoms with Crippen LogP contribution in [0.3, 0.4) is 0 Å². The van der Waals surface area contributed by atoms with E-state index in [1.165, 1.54) is 0 Å². The van der Waals surface area contributed by atoms with Crippen molar-refractivity contribution in [1.82, 2.24) is 4.98 Å². The van der Waals surface area contributed by atoms with Crippen LogP contribution < -0.4 is 10.2 Å². The summed E-state index contributed by atoms with van der Waals surface area (Å²) in [4.78, 5) is 17.6. The molecule has 2 aromatic carbocycles. The van der Waals surface area contributed by atoms with Crippen LogP contribution >= 0.6 is 0 Å². The highest BCUT2D eigenvalue weighted by molar-refractivity contribution is 5.96. The zero-order valence-corrected chi connectivity index (χ0v) is 14.5. The molecule has 0 aliphatic heterocycles. The summed E-state index contributed by atoms with van der Waals surface area (Å²) in [5.74, 6) is -0.0411. The third-order valence-corrected chi connectivity index (χ3v) is 4.37. The van der Waals surface area contributed by atoms with E-state index < -0.39 is 0 Å². The molecule has 1 aromatic heterocycles. The summed E-state index contributed by atoms with van der Waals surface area (Å²) < 4.78 is 0. The Morgan fingerprint density at radius 2 is 1.96 bits per heavy atom. The van der Waals surface area contributed by atoms with Gasteiger partial charge < -0.3 is 20.3 Å². The molecule has 25 heavy (non-hydrogen) atoms. The number of aryl methyl sites for hydroxylation is 1. The van der Waals surface area contributed by atoms with E-state index in [9.17, 15) is 4.79 Å². The fraction of sp³-hybridized carbons (Fsp3) is 0.250. The second-order valence-corrected chi connectivity index (χ2v) is 6.23. The highest BCUT2D eigenvalue weighted by Crippen LogP contribution is 2.23. The van der Waals surface area contributed by atoms with Crippen LogP contribution in [0.4, 0.5) is 11.4 Å². The van der Waals surface area contributed by atoms with Crippen molar-refractivity contribution in [2.45, 2.75) is 13.3 Å². The zero-order valence-electron chi connectivity index (χ0n) is 14.5. The fourth-order valence-corrected chi connectivity index (χ4v) is 3.05. The minimum absolute atomic E-state index is 0.0411. The summed E-state index contributed by atoms with van der Waals surface area (Å²) in [7, 11) is 1.92. The maximum Gasteiger partial charge on any atom is 0.228 e. The van der Waals surface area contributed by atoms with E-state index in [1.807, 2.05) is 54.5 Å². The Morgan fingerprint density at radius 3 is 2.68 bits per heavy atom. The number of nitrogens with zero attached hydrogens (tertiary/aromatic N) is 1. The highest BCUT2D eigenvalue weighted by Gasteiger charge is 2.11. The molecule has 0 spiro atoms. The molecule has 130 valence electrons. The van der Waals surface area contributed by atoms with Crippen molar-refractivity contribution < 1.29 is 9.90 Å². The first-order valence-corrected chi connectivity index (χ1v) is 8.36. The van der Waals surface area contributed by atoms with E-state index >= 15 is 0 Å². The van der Waals surface area contributed by atoms with Gasteiger partial charge in [-0.1, -0.05) is 12.1 Å². The molecule has 0 fully saturated rings. The third-order valence-electron chi connectivity index (χ3n) is 4.37. The van der Waals surface area contributed by atoms with Crippen LogP contribution in [0.1, 0.15) is 11.1 Å². The lowest BCUT2D eigenvalue weighted by Crippen LogP contribution is -2.21. The van der Waals surface area contributed by atoms with E-state index in [0.717, 1.165) is 33.4 Å². The molecule has 3 N–H and O–H groups in total. The molecular formula is C20H23N3O2. The Hall–Kier alpha value is -2.79. The molecule has 0 saturated heterocycles. The number of anilines is 2. The number of H-pyrrole nitrogens is 1. The number of carbonyl (C=O) groups is 1. The van der Waals surface area contributed by atoms with Gasteiger partial charge in [0.15, 0.2) is 0 Å². The predicted molar refractivity (Wildman–Crippen MR) is 102 cm³/mol. The van der Waals surface area contributed by atoms with Crippen molar-refractivity contribution in [3.05, 3.63) is 59.8 Å². The van der Waals surface area contributed by atoms with E-state index in [1.54, 1.807) is 0 Å². The number of nitrogens with one attached hydrogen (secondary N) is 2. The largest absolute Gasteiger partial charge is 0.395 e. The second-order valence-electron chi connectivity index (χ2n) is 6.23. The van der Waals surface area contributed by atoms with Gasteiger partial charge in [-0.2, -0.15) is 0 Å². The number of aromatic amines is 1. The molecule has 3 aromatic rings. The molecule has 1 amide bonds. The van der Waals surface area contributed by atoms with E-state index in [0.29, 0.717) is 13.0 Å². The predicted octanol–water partition coefficient (Wildman–Crippen LogP) is 3.09. The molecule has 0 aliphatic carbocycles. The Kier molecular flexibility index (Phi) is 5.05. The lowest BCUT2D eigenvalue weighted by Gasteiger charge is -2.18. The number of likely N-dealkylation sites (N-methyl/N-ethyl adjacent to an activating group) is 1. The Morgan fingerprint density at radius 1 is 1.20 bits per heavy atom. The molecule has 0 unspecified atom stereocenters. The average Bonchev–Trinajstić information content (AvgIpc) is 3.00. The van der Waals surface area contributed by atoms with Gasteiger partial charge in [-0.3, -0.25) is 4.79 Å². The summed E-state index contributed by atoms with van der Waals surface area (Å²) in [5, 5.41) is 13.1. The molecule has 5 nitrogen and oxygen atoms in total. The smallest absolute Gasteiger partial charge is 0.228 e. The van der Waals surface area contributed by atoms with Gasteiger partial charge in [0, 0.05) is 42.1 Å². The Bertz CT molecular complexity index is 868. The Balaban J connectivity index is 1.68. The normalized spacial score (nSPS) is 10.8. The first kappa shape index (κ1) is 17.0. The molecule has 0 atom stereocenters. The number of carbonyl (C=O) groups excluding carboxylic acids is 1. The van der Waals surface area contributed by atoms with Crippen LogP contribution in [-0.2, 0) is 11.2 Å². The number of benzene rings is 2. The highest BCUT2D eigenvalue weighted by atomic mass is 16.3. The fourth-order valence-electron chi connectivity index (χ4n) is 3.05. The number of aliphatic hydroxyl groups excluding tert-OH is 1. The summed E-state index contributed by atoms with van der Waals surface area (Å²) in [6, 6.07) is 13.7. The minimum Gasteiger partial charge on any atom is -0.395 e. The molecule has 0 radical (unpaired) electrons. The number of amides is 1. The first-order valence-electron chi connectivity index (χ1n) is 8.36. The van der Waals surface area contributed by atoms with Crippen LogP contribution in [-0.4, -0.2) is 36.2 Å². The quantitative estimate of drug-likeness (QED) is 0.647. The second kappa shape index (κ2) is 7.40. The zero-order chi connectivity index (χ0) is 17.8. The number of aliphatic hydroxyl groups is 1. The van der Waals surface area contributed by atoms with E-state index in [-0.39, 0.29) is 12.5 Å². The number of aromatic nitrogens is 1. The van der Waals surface area contributed by atoms with Crippen molar-refractivity contribution in [3.8, 4) is 0 Å². The van der Waals surface area contributed by atoms with Gasteiger partial charge in [0.1, 0.15) is 0 Å². The van der Waals surface area contributed by atoms with E-state index in [2.05, 4.69) is 23.3 Å². The molecule has 5 heteroatoms. The van der Waals surface area contributed by atoms with Crippen molar-refractivity contribution in [2.75, 3.05) is 30.4 Å². The molecular weight excluding hydrogens is 314 g/mol. The standard InChI is InChI=1S/C20H23N3O2/c1-14-4-3-5-18-20(14)15(13-21-18)12-19(25)22-16-6-8-17(9-7-16)23(2)10-11-24/h3-9,13,21,24H,10-12H2,1-2H3,(H,22,25). The van der Waals surface area contributed by atoms with Gasteiger partial charge in [-0.15, -0.1) is 0 Å². The Labute approximate surface area is 147 Å². The number of hydrogen-bond donors (Lipinski definition) is 3. The third kappa shape index (κ3) is 3.83. The minimum atomic E-state index is -0.0411. The van der Waals surface area contributed by atoms with Crippen LogP contribution in [0.25, 0.3) is 10.9 Å². The maximum absolute atomic E-state index is 12.4. The van der Waals surface area contributed by atoms with Crippen LogP contribution in [0.2, 0.25) is 0 Å². The number of fused-ring (bicyclic) bond motifs is 1. The summed E-state index contributed by atoms with van der Waals surface area (Å²) >= 11 is 0. The van der Waals surface area contributed by atoms with Crippen molar-refractivity contribution in [3.63, 3.8) is 0 Å².